The zero-order valence-electron chi connectivity index (χ0n) is 12.1. The fourth-order valence-electron chi connectivity index (χ4n) is 2.27. The van der Waals surface area contributed by atoms with E-state index in [1.807, 2.05) is 0 Å². The van der Waals surface area contributed by atoms with Crippen LogP contribution in [0.15, 0.2) is 28.3 Å². The number of nitrogens with two attached hydrogens (primary N) is 1. The molecule has 0 aromatic carbocycles. The Labute approximate surface area is 128 Å². The zero-order chi connectivity index (χ0) is 15.9. The highest BCUT2D eigenvalue weighted by atomic mass is 19.1. The molecule has 2 N–H and O–H groups in total. The molecule has 22 heavy (non-hydrogen) atoms. The quantitative estimate of drug-likeness (QED) is 0.835. The van der Waals surface area contributed by atoms with E-state index in [2.05, 4.69) is 27.8 Å². The first-order valence-corrected chi connectivity index (χ1v) is 6.86. The maximum absolute atomic E-state index is 13.3. The molecule has 1 unspecified atom stereocenters. The SMILES string of the molecule is C=N/C(=C\C=N/CN)c1cnc(N2CCC(F)C2)c(C#N)c1. The number of allylic oxidation sites excluding steroid dienone is 1. The summed E-state index contributed by atoms with van der Waals surface area (Å²) in [6, 6.07) is 3.78. The molecule has 0 aliphatic carbocycles. The minimum atomic E-state index is -0.870. The van der Waals surface area contributed by atoms with Gasteiger partial charge in [-0.15, -0.1) is 0 Å². The highest BCUT2D eigenvalue weighted by molar-refractivity contribution is 5.85. The number of nitriles is 1. The van der Waals surface area contributed by atoms with Crippen LogP contribution in [0.2, 0.25) is 0 Å². The molecule has 0 bridgehead atoms. The maximum Gasteiger partial charge on any atom is 0.146 e. The topological polar surface area (TPSA) is 90.7 Å². The number of hydrogen-bond donors (Lipinski definition) is 1. The second-order valence-corrected chi connectivity index (χ2v) is 4.76. The van der Waals surface area contributed by atoms with Crippen LogP contribution in [0.5, 0.6) is 0 Å². The predicted molar refractivity (Wildman–Crippen MR) is 85.8 cm³/mol. The summed E-state index contributed by atoms with van der Waals surface area (Å²) < 4.78 is 13.3. The molecule has 114 valence electrons. The zero-order valence-corrected chi connectivity index (χ0v) is 12.1. The van der Waals surface area contributed by atoms with Crippen molar-refractivity contribution in [2.24, 2.45) is 15.7 Å². The highest BCUT2D eigenvalue weighted by Gasteiger charge is 2.25. The van der Waals surface area contributed by atoms with E-state index in [9.17, 15) is 9.65 Å². The van der Waals surface area contributed by atoms with Gasteiger partial charge in [0.1, 0.15) is 18.1 Å². The van der Waals surface area contributed by atoms with Crippen molar-refractivity contribution < 1.29 is 4.39 Å². The van der Waals surface area contributed by atoms with Crippen molar-refractivity contribution in [1.29, 1.82) is 5.26 Å². The maximum atomic E-state index is 13.3. The summed E-state index contributed by atoms with van der Waals surface area (Å²) >= 11 is 0. The van der Waals surface area contributed by atoms with E-state index < -0.39 is 6.17 Å². The normalized spacial score (nSPS) is 18.7. The van der Waals surface area contributed by atoms with Crippen LogP contribution in [0.4, 0.5) is 10.2 Å². The molecule has 1 aromatic heterocycles. The largest absolute Gasteiger partial charge is 0.352 e. The highest BCUT2D eigenvalue weighted by Crippen LogP contribution is 2.26. The molecule has 2 rings (SSSR count). The predicted octanol–water partition coefficient (Wildman–Crippen LogP) is 1.53. The van der Waals surface area contributed by atoms with Crippen molar-refractivity contribution in [2.45, 2.75) is 12.6 Å². The first-order chi connectivity index (χ1) is 10.7. The summed E-state index contributed by atoms with van der Waals surface area (Å²) in [4.78, 5) is 13.9. The Kier molecular flexibility index (Phi) is 5.33. The van der Waals surface area contributed by atoms with E-state index in [0.717, 1.165) is 0 Å². The molecule has 1 atom stereocenters. The lowest BCUT2D eigenvalue weighted by atomic mass is 10.1. The van der Waals surface area contributed by atoms with Gasteiger partial charge in [0.15, 0.2) is 0 Å². The Bertz CT molecular complexity index is 646. The molecule has 0 radical (unpaired) electrons. The average Bonchev–Trinajstić information content (AvgIpc) is 2.97. The number of hydrogen-bond acceptors (Lipinski definition) is 6. The van der Waals surface area contributed by atoms with Crippen LogP contribution in [-0.2, 0) is 0 Å². The second-order valence-electron chi connectivity index (χ2n) is 4.76. The Morgan fingerprint density at radius 2 is 2.50 bits per heavy atom. The number of rotatable bonds is 5. The molecular weight excluding hydrogens is 283 g/mol. The third-order valence-corrected chi connectivity index (χ3v) is 3.33. The molecule has 0 saturated carbocycles. The lowest BCUT2D eigenvalue weighted by molar-refractivity contribution is 0.364. The Morgan fingerprint density at radius 3 is 3.09 bits per heavy atom. The van der Waals surface area contributed by atoms with Gasteiger partial charge in [0.2, 0.25) is 0 Å². The van der Waals surface area contributed by atoms with Crippen molar-refractivity contribution in [1.82, 2.24) is 4.98 Å². The summed E-state index contributed by atoms with van der Waals surface area (Å²) in [5.74, 6) is 0.505. The van der Waals surface area contributed by atoms with Crippen LogP contribution in [0.25, 0.3) is 5.70 Å². The molecule has 2 heterocycles. The van der Waals surface area contributed by atoms with E-state index in [4.69, 9.17) is 5.73 Å². The number of nitrogens with zero attached hydrogens (tertiary/aromatic N) is 5. The van der Waals surface area contributed by atoms with Gasteiger partial charge in [-0.3, -0.25) is 9.98 Å². The number of pyridine rings is 1. The van der Waals surface area contributed by atoms with Crippen LogP contribution < -0.4 is 10.6 Å². The van der Waals surface area contributed by atoms with Crippen LogP contribution in [0.1, 0.15) is 17.5 Å². The van der Waals surface area contributed by atoms with Crippen LogP contribution >= 0.6 is 0 Å². The first-order valence-electron chi connectivity index (χ1n) is 6.86. The van der Waals surface area contributed by atoms with Gasteiger partial charge in [-0.05, 0) is 25.3 Å². The van der Waals surface area contributed by atoms with Crippen molar-refractivity contribution >= 4 is 24.4 Å². The number of aromatic nitrogens is 1. The number of aliphatic imine (C=N–C) groups is 2. The lowest BCUT2D eigenvalue weighted by Crippen LogP contribution is -2.22. The second kappa shape index (κ2) is 7.43. The minimum Gasteiger partial charge on any atom is -0.352 e. The summed E-state index contributed by atoms with van der Waals surface area (Å²) in [5.41, 5.74) is 6.85. The van der Waals surface area contributed by atoms with Gasteiger partial charge in [-0.1, -0.05) is 0 Å². The van der Waals surface area contributed by atoms with E-state index in [1.165, 1.54) is 6.21 Å². The lowest BCUT2D eigenvalue weighted by Gasteiger charge is -2.18. The Balaban J connectivity index is 2.32. The Morgan fingerprint density at radius 1 is 1.68 bits per heavy atom. The van der Waals surface area contributed by atoms with Gasteiger partial charge in [-0.2, -0.15) is 5.26 Å². The first kappa shape index (κ1) is 15.8. The smallest absolute Gasteiger partial charge is 0.146 e. The summed E-state index contributed by atoms with van der Waals surface area (Å²) in [6.45, 7) is 4.51. The van der Waals surface area contributed by atoms with E-state index in [-0.39, 0.29) is 13.2 Å². The van der Waals surface area contributed by atoms with Crippen molar-refractivity contribution in [3.8, 4) is 6.07 Å². The molecule has 1 aliphatic rings. The van der Waals surface area contributed by atoms with Crippen molar-refractivity contribution in [3.05, 3.63) is 29.5 Å². The Hall–Kier alpha value is -2.59. The molecule has 1 aromatic rings. The number of anilines is 1. The van der Waals surface area contributed by atoms with Gasteiger partial charge in [-0.25, -0.2) is 9.37 Å². The number of alkyl halides is 1. The van der Waals surface area contributed by atoms with E-state index in [1.54, 1.807) is 23.2 Å². The van der Waals surface area contributed by atoms with Gasteiger partial charge >= 0.3 is 0 Å². The van der Waals surface area contributed by atoms with E-state index >= 15 is 0 Å². The average molecular weight is 300 g/mol. The summed E-state index contributed by atoms with van der Waals surface area (Å²) in [7, 11) is 0. The van der Waals surface area contributed by atoms with Crippen LogP contribution in [-0.4, -0.2) is 43.8 Å². The molecule has 1 aliphatic heterocycles. The van der Waals surface area contributed by atoms with Gasteiger partial charge in [0.25, 0.3) is 0 Å². The van der Waals surface area contributed by atoms with Crippen molar-refractivity contribution in [2.75, 3.05) is 24.7 Å². The molecule has 1 saturated heterocycles. The summed E-state index contributed by atoms with van der Waals surface area (Å²) in [6.07, 6.45) is 4.36. The number of halogens is 1. The van der Waals surface area contributed by atoms with Crippen LogP contribution in [0, 0.1) is 11.3 Å². The van der Waals surface area contributed by atoms with Crippen molar-refractivity contribution in [3.63, 3.8) is 0 Å². The van der Waals surface area contributed by atoms with Gasteiger partial charge in [0, 0.05) is 24.5 Å². The standard InChI is InChI=1S/C15H17FN6/c1-19-14(2-4-20-10-18)12-6-11(7-17)15(21-8-12)22-5-3-13(16)9-22/h2,4,6,8,13H,1,3,5,9-10,18H2/b14-2-,20-4-. The molecular formula is C15H17FN6. The fourth-order valence-corrected chi connectivity index (χ4v) is 2.27. The third kappa shape index (κ3) is 3.54. The summed E-state index contributed by atoms with van der Waals surface area (Å²) in [5, 5.41) is 9.32. The minimum absolute atomic E-state index is 0.181. The molecule has 1 fully saturated rings. The fraction of sp³-hybridized carbons (Fsp3) is 0.333. The molecule has 6 nitrogen and oxygen atoms in total. The third-order valence-electron chi connectivity index (χ3n) is 3.33. The molecule has 0 spiro atoms. The molecule has 7 heteroatoms. The molecule has 0 amide bonds. The monoisotopic (exact) mass is 300 g/mol. The van der Waals surface area contributed by atoms with Gasteiger partial charge < -0.3 is 10.6 Å². The van der Waals surface area contributed by atoms with Crippen LogP contribution in [0.3, 0.4) is 0 Å². The van der Waals surface area contributed by atoms with Gasteiger partial charge in [0.05, 0.1) is 24.5 Å². The van der Waals surface area contributed by atoms with E-state index in [0.29, 0.717) is 35.6 Å².